The maximum Gasteiger partial charge on any atom is 0.256 e. The van der Waals surface area contributed by atoms with E-state index in [2.05, 4.69) is 33.3 Å². The van der Waals surface area contributed by atoms with Crippen LogP contribution in [0.5, 0.6) is 5.88 Å². The topological polar surface area (TPSA) is 75.3 Å². The van der Waals surface area contributed by atoms with Gasteiger partial charge in [0, 0.05) is 25.2 Å². The molecule has 1 aliphatic rings. The number of nitrogens with one attached hydrogen (secondary N) is 3. The number of carbonyl (C=O) groups is 1. The van der Waals surface area contributed by atoms with Crippen molar-refractivity contribution >= 4 is 5.91 Å². The summed E-state index contributed by atoms with van der Waals surface area (Å²) < 4.78 is 5.13. The van der Waals surface area contributed by atoms with Gasteiger partial charge in [-0.25, -0.2) is 10.4 Å². The highest BCUT2D eigenvalue weighted by Crippen LogP contribution is 2.24. The van der Waals surface area contributed by atoms with Crippen molar-refractivity contribution in [2.45, 2.75) is 6.04 Å². The molecule has 3 rings (SSSR count). The van der Waals surface area contributed by atoms with E-state index in [1.54, 1.807) is 18.3 Å². The Morgan fingerprint density at radius 2 is 2.13 bits per heavy atom. The SMILES string of the molecule is COc1ncccc1C(=O)NCC1CNNC1c1ccccc1. The molecule has 1 aromatic heterocycles. The van der Waals surface area contributed by atoms with E-state index in [1.165, 1.54) is 12.7 Å². The van der Waals surface area contributed by atoms with E-state index in [9.17, 15) is 4.79 Å². The molecular weight excluding hydrogens is 292 g/mol. The minimum Gasteiger partial charge on any atom is -0.480 e. The number of nitrogens with zero attached hydrogens (tertiary/aromatic N) is 1. The molecule has 0 radical (unpaired) electrons. The van der Waals surface area contributed by atoms with Crippen LogP contribution in [0.1, 0.15) is 22.0 Å². The van der Waals surface area contributed by atoms with Gasteiger partial charge in [0.25, 0.3) is 5.91 Å². The molecule has 0 aliphatic carbocycles. The molecule has 2 unspecified atom stereocenters. The van der Waals surface area contributed by atoms with Crippen molar-refractivity contribution in [3.8, 4) is 5.88 Å². The van der Waals surface area contributed by atoms with Crippen LogP contribution in [0.4, 0.5) is 0 Å². The summed E-state index contributed by atoms with van der Waals surface area (Å²) in [5.74, 6) is 0.435. The second-order valence-electron chi connectivity index (χ2n) is 5.44. The predicted octanol–water partition coefficient (Wildman–Crippen LogP) is 1.29. The molecule has 23 heavy (non-hydrogen) atoms. The summed E-state index contributed by atoms with van der Waals surface area (Å²) in [6, 6.07) is 13.8. The van der Waals surface area contributed by atoms with Crippen LogP contribution in [0.3, 0.4) is 0 Å². The summed E-state index contributed by atoms with van der Waals surface area (Å²) in [7, 11) is 1.51. The third kappa shape index (κ3) is 3.49. The fraction of sp³-hybridized carbons (Fsp3) is 0.294. The maximum absolute atomic E-state index is 12.4. The van der Waals surface area contributed by atoms with Crippen LogP contribution in [-0.4, -0.2) is 31.1 Å². The maximum atomic E-state index is 12.4. The molecule has 0 spiro atoms. The van der Waals surface area contributed by atoms with Crippen LogP contribution < -0.4 is 20.9 Å². The van der Waals surface area contributed by atoms with E-state index in [4.69, 9.17) is 4.74 Å². The van der Waals surface area contributed by atoms with Gasteiger partial charge in [-0.3, -0.25) is 10.2 Å². The normalized spacial score (nSPS) is 20.2. The number of methoxy groups -OCH3 is 1. The van der Waals surface area contributed by atoms with Gasteiger partial charge in [-0.2, -0.15) is 0 Å². The van der Waals surface area contributed by atoms with Gasteiger partial charge in [-0.05, 0) is 17.7 Å². The lowest BCUT2D eigenvalue weighted by Gasteiger charge is -2.19. The van der Waals surface area contributed by atoms with Gasteiger partial charge >= 0.3 is 0 Å². The third-order valence-electron chi connectivity index (χ3n) is 3.99. The molecule has 1 saturated heterocycles. The van der Waals surface area contributed by atoms with Crippen molar-refractivity contribution < 1.29 is 9.53 Å². The first kappa shape index (κ1) is 15.5. The molecule has 1 aliphatic heterocycles. The van der Waals surface area contributed by atoms with E-state index in [1.807, 2.05) is 18.2 Å². The Morgan fingerprint density at radius 1 is 1.30 bits per heavy atom. The molecule has 0 bridgehead atoms. The summed E-state index contributed by atoms with van der Waals surface area (Å²) in [6.07, 6.45) is 1.60. The van der Waals surface area contributed by atoms with Crippen LogP contribution in [0, 0.1) is 5.92 Å². The van der Waals surface area contributed by atoms with E-state index >= 15 is 0 Å². The molecule has 6 heteroatoms. The number of ether oxygens (including phenoxy) is 1. The van der Waals surface area contributed by atoms with Crippen LogP contribution >= 0.6 is 0 Å². The molecule has 1 aromatic carbocycles. The number of hydrazine groups is 1. The highest BCUT2D eigenvalue weighted by atomic mass is 16.5. The lowest BCUT2D eigenvalue weighted by atomic mass is 9.95. The summed E-state index contributed by atoms with van der Waals surface area (Å²) in [4.78, 5) is 16.4. The van der Waals surface area contributed by atoms with Crippen LogP contribution in [0.25, 0.3) is 0 Å². The minimum atomic E-state index is -0.173. The number of benzene rings is 1. The molecule has 2 atom stereocenters. The average Bonchev–Trinajstić information content (AvgIpc) is 3.09. The van der Waals surface area contributed by atoms with Crippen molar-refractivity contribution in [2.75, 3.05) is 20.2 Å². The largest absolute Gasteiger partial charge is 0.480 e. The first-order valence-corrected chi connectivity index (χ1v) is 7.60. The zero-order valence-electron chi connectivity index (χ0n) is 13.0. The zero-order valence-corrected chi connectivity index (χ0v) is 13.0. The Balaban J connectivity index is 1.64. The van der Waals surface area contributed by atoms with Gasteiger partial charge in [0.2, 0.25) is 5.88 Å². The molecule has 1 amide bonds. The van der Waals surface area contributed by atoms with Gasteiger partial charge in [0.15, 0.2) is 0 Å². The number of hydrogen-bond donors (Lipinski definition) is 3. The molecule has 0 saturated carbocycles. The van der Waals surface area contributed by atoms with E-state index in [-0.39, 0.29) is 17.9 Å². The monoisotopic (exact) mass is 312 g/mol. The Bertz CT molecular complexity index is 663. The van der Waals surface area contributed by atoms with Crippen molar-refractivity contribution in [3.63, 3.8) is 0 Å². The number of carbonyl (C=O) groups excluding carboxylic acids is 1. The number of pyridine rings is 1. The molecular formula is C17H20N4O2. The molecule has 6 nitrogen and oxygen atoms in total. The number of hydrogen-bond acceptors (Lipinski definition) is 5. The predicted molar refractivity (Wildman–Crippen MR) is 86.9 cm³/mol. The molecule has 1 fully saturated rings. The van der Waals surface area contributed by atoms with Gasteiger partial charge in [0.1, 0.15) is 5.56 Å². The van der Waals surface area contributed by atoms with Crippen LogP contribution in [0.15, 0.2) is 48.7 Å². The lowest BCUT2D eigenvalue weighted by molar-refractivity contribution is 0.0943. The summed E-state index contributed by atoms with van der Waals surface area (Å²) in [5, 5.41) is 2.98. The van der Waals surface area contributed by atoms with Crippen molar-refractivity contribution in [2.24, 2.45) is 5.92 Å². The summed E-state index contributed by atoms with van der Waals surface area (Å²) in [6.45, 7) is 1.36. The van der Waals surface area contributed by atoms with Gasteiger partial charge in [-0.1, -0.05) is 30.3 Å². The average molecular weight is 312 g/mol. The fourth-order valence-corrected chi connectivity index (χ4v) is 2.79. The number of amides is 1. The van der Waals surface area contributed by atoms with Crippen molar-refractivity contribution in [3.05, 3.63) is 59.8 Å². The van der Waals surface area contributed by atoms with Crippen molar-refractivity contribution in [1.82, 2.24) is 21.2 Å². The first-order chi connectivity index (χ1) is 11.3. The fourth-order valence-electron chi connectivity index (χ4n) is 2.79. The Morgan fingerprint density at radius 3 is 2.91 bits per heavy atom. The second-order valence-corrected chi connectivity index (χ2v) is 5.44. The summed E-state index contributed by atoms with van der Waals surface area (Å²) in [5.41, 5.74) is 8.09. The highest BCUT2D eigenvalue weighted by Gasteiger charge is 2.28. The van der Waals surface area contributed by atoms with Crippen LogP contribution in [-0.2, 0) is 0 Å². The zero-order chi connectivity index (χ0) is 16.1. The molecule has 3 N–H and O–H groups in total. The summed E-state index contributed by atoms with van der Waals surface area (Å²) >= 11 is 0. The standard InChI is InChI=1S/C17H20N4O2/c1-23-17-14(8-5-9-18-17)16(22)19-10-13-11-20-21-15(13)12-6-3-2-4-7-12/h2-9,13,15,20-21H,10-11H2,1H3,(H,19,22). The van der Waals surface area contributed by atoms with Crippen LogP contribution in [0.2, 0.25) is 0 Å². The van der Waals surface area contributed by atoms with Gasteiger partial charge in [-0.15, -0.1) is 0 Å². The van der Waals surface area contributed by atoms with E-state index in [0.29, 0.717) is 18.0 Å². The smallest absolute Gasteiger partial charge is 0.256 e. The number of rotatable bonds is 5. The third-order valence-corrected chi connectivity index (χ3v) is 3.99. The second kappa shape index (κ2) is 7.21. The first-order valence-electron chi connectivity index (χ1n) is 7.60. The number of aromatic nitrogens is 1. The van der Waals surface area contributed by atoms with Gasteiger partial charge in [0.05, 0.1) is 13.2 Å². The highest BCUT2D eigenvalue weighted by molar-refractivity contribution is 5.96. The minimum absolute atomic E-state index is 0.173. The molecule has 120 valence electrons. The van der Waals surface area contributed by atoms with E-state index < -0.39 is 0 Å². The Labute approximate surface area is 135 Å². The van der Waals surface area contributed by atoms with Gasteiger partial charge < -0.3 is 10.1 Å². The molecule has 2 heterocycles. The Kier molecular flexibility index (Phi) is 4.85. The quantitative estimate of drug-likeness (QED) is 0.775. The lowest BCUT2D eigenvalue weighted by Crippen LogP contribution is -2.33. The molecule has 2 aromatic rings. The Hall–Kier alpha value is -2.44. The van der Waals surface area contributed by atoms with Crippen molar-refractivity contribution in [1.29, 1.82) is 0 Å². The van der Waals surface area contributed by atoms with E-state index in [0.717, 1.165) is 6.54 Å².